The Morgan fingerprint density at radius 1 is 0.824 bits per heavy atom. The first kappa shape index (κ1) is 14.9. The number of aliphatic hydroxyl groups excluding tert-OH is 2. The molecule has 0 aromatic rings. The molecule has 0 aliphatic carbocycles. The maximum atomic E-state index is 9.37. The zero-order chi connectivity index (χ0) is 13.3. The summed E-state index contributed by atoms with van der Waals surface area (Å²) in [6, 6.07) is 0. The maximum absolute atomic E-state index is 9.37. The highest BCUT2D eigenvalue weighted by Gasteiger charge is 2.12. The van der Waals surface area contributed by atoms with Gasteiger partial charge in [-0.05, 0) is 12.8 Å². The molecule has 92 valence electrons. The number of rotatable bonds is 6. The summed E-state index contributed by atoms with van der Waals surface area (Å²) in [4.78, 5) is 5.78. The van der Waals surface area contributed by atoms with E-state index in [1.165, 1.54) is 13.8 Å². The predicted molar refractivity (Wildman–Crippen MR) is 63.9 cm³/mol. The number of hydrogen-bond donors (Lipinski definition) is 2. The molecule has 0 rings (SSSR count). The molecular weight excluding hydrogens is 220 g/mol. The molecule has 0 amide bonds. The molecule has 6 nitrogen and oxygen atoms in total. The van der Waals surface area contributed by atoms with E-state index in [0.717, 1.165) is 19.3 Å². The molecule has 0 aliphatic heterocycles. The summed E-state index contributed by atoms with van der Waals surface area (Å²) in [6.07, 6.45) is 3.18. The minimum absolute atomic E-state index is 0.0776. The molecule has 6 heteroatoms. The summed E-state index contributed by atoms with van der Waals surface area (Å²) in [5, 5.41) is 35.5. The largest absolute Gasteiger partial charge is 0.505 e. The monoisotopic (exact) mass is 238 g/mol. The van der Waals surface area contributed by atoms with Crippen molar-refractivity contribution in [3.63, 3.8) is 0 Å². The van der Waals surface area contributed by atoms with Crippen molar-refractivity contribution in [3.05, 3.63) is 32.9 Å². The summed E-state index contributed by atoms with van der Waals surface area (Å²) in [7, 11) is 0. The molecule has 0 bridgehead atoms. The van der Waals surface area contributed by atoms with E-state index in [2.05, 4.69) is 9.95 Å². The Hall–Kier alpha value is -2.08. The highest BCUT2D eigenvalue weighted by atomic mass is 16.3. The number of hydrogen-bond acceptors (Lipinski definition) is 4. The molecule has 2 N–H and O–H groups in total. The number of nitrogens with zero attached hydrogens (tertiary/aromatic N) is 4. The summed E-state index contributed by atoms with van der Waals surface area (Å²) in [5.74, 6) is 0.155. The molecule has 0 spiro atoms. The van der Waals surface area contributed by atoms with Gasteiger partial charge in [-0.15, -0.1) is 0 Å². The minimum Gasteiger partial charge on any atom is -0.505 e. The Balaban J connectivity index is 3.84. The third-order valence-corrected chi connectivity index (χ3v) is 2.46. The van der Waals surface area contributed by atoms with Gasteiger partial charge in [0.1, 0.15) is 0 Å². The van der Waals surface area contributed by atoms with E-state index < -0.39 is 0 Å². The fourth-order valence-electron chi connectivity index (χ4n) is 1.24. The van der Waals surface area contributed by atoms with Crippen LogP contribution in [-0.2, 0) is 0 Å². The number of diazo groups is 2. The van der Waals surface area contributed by atoms with Crippen molar-refractivity contribution >= 4 is 0 Å². The third kappa shape index (κ3) is 6.16. The molecular formula is C11H18N4O2+2. The topological polar surface area (TPSA) is 96.8 Å². The van der Waals surface area contributed by atoms with Crippen LogP contribution in [0.1, 0.15) is 46.0 Å². The van der Waals surface area contributed by atoms with Crippen LogP contribution >= 0.6 is 0 Å². The molecule has 0 fully saturated rings. The smallest absolute Gasteiger partial charge is 0.395 e. The lowest BCUT2D eigenvalue weighted by atomic mass is 10.1. The van der Waals surface area contributed by atoms with Crippen LogP contribution in [0.4, 0.5) is 0 Å². The molecule has 17 heavy (non-hydrogen) atoms. The van der Waals surface area contributed by atoms with E-state index in [4.69, 9.17) is 10.8 Å². The van der Waals surface area contributed by atoms with Gasteiger partial charge in [0, 0.05) is 26.7 Å². The molecule has 0 aromatic carbocycles. The first-order chi connectivity index (χ1) is 8.02. The van der Waals surface area contributed by atoms with Crippen molar-refractivity contribution < 1.29 is 10.2 Å². The van der Waals surface area contributed by atoms with Gasteiger partial charge in [0.15, 0.2) is 21.5 Å². The van der Waals surface area contributed by atoms with Crippen LogP contribution in [0.15, 0.2) is 22.9 Å². The van der Waals surface area contributed by atoms with E-state index in [-0.39, 0.29) is 22.9 Å². The average Bonchev–Trinajstić information content (AvgIpc) is 2.35. The zero-order valence-corrected chi connectivity index (χ0v) is 10.2. The van der Waals surface area contributed by atoms with Gasteiger partial charge < -0.3 is 10.2 Å². The highest BCUT2D eigenvalue weighted by molar-refractivity contribution is 5.10. The standard InChI is InChI=1S/C11H16N4O2/c1-8(14-12)10(16)6-4-3-5-7-11(17)9(2)15-13/h3-7H2,1-2H3/p+2/b10-8+,11-9+. The second kappa shape index (κ2) is 8.12. The van der Waals surface area contributed by atoms with Gasteiger partial charge in [0.25, 0.3) is 0 Å². The fraction of sp³-hybridized carbons (Fsp3) is 0.636. The van der Waals surface area contributed by atoms with Crippen molar-refractivity contribution in [2.45, 2.75) is 46.0 Å². The van der Waals surface area contributed by atoms with Gasteiger partial charge in [-0.1, -0.05) is 6.42 Å². The normalized spacial score (nSPS) is 13.2. The van der Waals surface area contributed by atoms with Crippen LogP contribution in [0, 0.1) is 10.8 Å². The van der Waals surface area contributed by atoms with E-state index in [9.17, 15) is 10.2 Å². The molecule has 0 aromatic heterocycles. The molecule has 0 atom stereocenters. The first-order valence-electron chi connectivity index (χ1n) is 5.50. The van der Waals surface area contributed by atoms with Crippen LogP contribution < -0.4 is 0 Å². The van der Waals surface area contributed by atoms with Crippen molar-refractivity contribution in [1.29, 1.82) is 10.8 Å². The Bertz CT molecular complexity index is 361. The minimum atomic E-state index is 0.0776. The Morgan fingerprint density at radius 2 is 1.18 bits per heavy atom. The quantitative estimate of drug-likeness (QED) is 0.411. The Kier molecular flexibility index (Phi) is 7.12. The van der Waals surface area contributed by atoms with Crippen LogP contribution in [0.25, 0.3) is 9.95 Å². The zero-order valence-electron chi connectivity index (χ0n) is 10.2. The molecule has 0 aliphatic rings. The van der Waals surface area contributed by atoms with E-state index >= 15 is 0 Å². The third-order valence-electron chi connectivity index (χ3n) is 2.46. The predicted octanol–water partition coefficient (Wildman–Crippen LogP) is 4.22. The van der Waals surface area contributed by atoms with Gasteiger partial charge in [-0.2, -0.15) is 0 Å². The molecule has 0 radical (unpaired) electrons. The lowest BCUT2D eigenvalue weighted by Crippen LogP contribution is -1.88. The van der Waals surface area contributed by atoms with Crippen molar-refractivity contribution in [3.8, 4) is 0 Å². The molecule has 0 heterocycles. The summed E-state index contributed by atoms with van der Waals surface area (Å²) in [5.41, 5.74) is 0.449. The maximum Gasteiger partial charge on any atom is 0.395 e. The van der Waals surface area contributed by atoms with Crippen LogP contribution in [0.3, 0.4) is 0 Å². The van der Waals surface area contributed by atoms with Gasteiger partial charge in [-0.3, -0.25) is 0 Å². The lowest BCUT2D eigenvalue weighted by Gasteiger charge is -1.98. The van der Waals surface area contributed by atoms with E-state index in [1.54, 1.807) is 0 Å². The Labute approximate surface area is 101 Å². The van der Waals surface area contributed by atoms with Gasteiger partial charge >= 0.3 is 11.4 Å². The second-order valence-electron chi connectivity index (χ2n) is 3.82. The van der Waals surface area contributed by atoms with Crippen LogP contribution in [0.2, 0.25) is 0 Å². The second-order valence-corrected chi connectivity index (χ2v) is 3.82. The van der Waals surface area contributed by atoms with E-state index in [1.807, 2.05) is 0 Å². The molecule has 0 unspecified atom stereocenters. The van der Waals surface area contributed by atoms with Crippen molar-refractivity contribution in [2.24, 2.45) is 0 Å². The highest BCUT2D eigenvalue weighted by Crippen LogP contribution is 2.15. The van der Waals surface area contributed by atoms with Gasteiger partial charge in [-0.25, -0.2) is 0 Å². The number of unbranched alkanes of at least 4 members (excludes halogenated alkanes) is 2. The molecule has 0 saturated heterocycles. The fourth-order valence-corrected chi connectivity index (χ4v) is 1.24. The SMILES string of the molecule is C/C([N+]#N)=C(\O)CCCCC/C(O)=C(/C)[N+]#N. The van der Waals surface area contributed by atoms with Crippen molar-refractivity contribution in [1.82, 2.24) is 0 Å². The number of allylic oxidation sites excluding steroid dienone is 4. The summed E-state index contributed by atoms with van der Waals surface area (Å²) >= 11 is 0. The van der Waals surface area contributed by atoms with Crippen LogP contribution in [-0.4, -0.2) is 10.2 Å². The van der Waals surface area contributed by atoms with Gasteiger partial charge in [0.2, 0.25) is 10.8 Å². The first-order valence-corrected chi connectivity index (χ1v) is 5.50. The van der Waals surface area contributed by atoms with Gasteiger partial charge in [0.05, 0.1) is 0 Å². The number of aliphatic hydroxyl groups is 2. The summed E-state index contributed by atoms with van der Waals surface area (Å²) in [6.45, 7) is 3.05. The lowest BCUT2D eigenvalue weighted by molar-refractivity contribution is 0.364. The van der Waals surface area contributed by atoms with Crippen LogP contribution in [0.5, 0.6) is 0 Å². The molecule has 0 saturated carbocycles. The summed E-state index contributed by atoms with van der Waals surface area (Å²) < 4.78 is 0. The Morgan fingerprint density at radius 3 is 1.47 bits per heavy atom. The average molecular weight is 238 g/mol. The van der Waals surface area contributed by atoms with E-state index in [0.29, 0.717) is 12.8 Å². The van der Waals surface area contributed by atoms with Crippen molar-refractivity contribution in [2.75, 3.05) is 0 Å².